The maximum atomic E-state index is 12.1. The number of rotatable bonds is 8. The van der Waals surface area contributed by atoms with E-state index in [9.17, 15) is 4.79 Å². The molecule has 0 unspecified atom stereocenters. The molecule has 0 saturated carbocycles. The molecule has 0 radical (unpaired) electrons. The van der Waals surface area contributed by atoms with Gasteiger partial charge in [0.2, 0.25) is 5.91 Å². The van der Waals surface area contributed by atoms with Crippen molar-refractivity contribution < 1.29 is 4.79 Å². The third kappa shape index (κ3) is 5.24. The second kappa shape index (κ2) is 11.0. The van der Waals surface area contributed by atoms with Gasteiger partial charge in [0.05, 0.1) is 17.6 Å². The average molecular weight is 511 g/mol. The molecule has 1 saturated heterocycles. The van der Waals surface area contributed by atoms with Gasteiger partial charge in [0, 0.05) is 78.5 Å². The Morgan fingerprint density at radius 3 is 2.68 bits per heavy atom. The van der Waals surface area contributed by atoms with E-state index in [2.05, 4.69) is 79.0 Å². The van der Waals surface area contributed by atoms with Gasteiger partial charge < -0.3 is 20.1 Å². The number of anilines is 1. The summed E-state index contributed by atoms with van der Waals surface area (Å²) in [4.78, 5) is 29.3. The number of piperazine rings is 1. The van der Waals surface area contributed by atoms with Crippen LogP contribution in [0.5, 0.6) is 0 Å². The van der Waals surface area contributed by atoms with Crippen molar-refractivity contribution in [3.8, 4) is 22.5 Å². The molecule has 1 amide bonds. The van der Waals surface area contributed by atoms with Crippen molar-refractivity contribution in [3.63, 3.8) is 0 Å². The first kappa shape index (κ1) is 25.4. The number of pyridine rings is 2. The maximum Gasteiger partial charge on any atom is 0.224 e. The zero-order valence-electron chi connectivity index (χ0n) is 22.2. The van der Waals surface area contributed by atoms with Crippen LogP contribution in [0.2, 0.25) is 0 Å². The first-order valence-corrected chi connectivity index (χ1v) is 13.0. The number of nitrogens with zero attached hydrogens (tertiary/aromatic N) is 5. The fraction of sp³-hybridized carbons (Fsp3) is 0.310. The van der Waals surface area contributed by atoms with Crippen LogP contribution in [0.4, 0.5) is 5.69 Å². The van der Waals surface area contributed by atoms with Crippen LogP contribution < -0.4 is 5.32 Å². The van der Waals surface area contributed by atoms with E-state index < -0.39 is 0 Å². The Bertz CT molecular complexity index is 1490. The number of likely N-dealkylation sites (N-methyl/N-ethyl adjacent to an activating group) is 1. The lowest BCUT2D eigenvalue weighted by Gasteiger charge is -2.35. The summed E-state index contributed by atoms with van der Waals surface area (Å²) in [5, 5.41) is 11.5. The molecule has 4 aromatic heterocycles. The molecule has 3 N–H and O–H groups in total. The Kier molecular flexibility index (Phi) is 7.37. The molecule has 5 rings (SSSR count). The Morgan fingerprint density at radius 1 is 1.13 bits per heavy atom. The highest BCUT2D eigenvalue weighted by atomic mass is 16.1. The number of carbonyl (C=O) groups is 1. The standard InChI is InChI=1S/C29H34N8O/c1-5-7-26(37-11-9-36(4)10-12-37)23-15-25(32-19(23)3)28-24-14-21(17-31-29(24)35-34-28)20-13-22(18-30-16-20)33-27(38)8-6-2/h5,7,13-18,32H,1,6,8-12H2,2-4H3,(H,33,38)(H,31,34,35)/b26-7+. The summed E-state index contributed by atoms with van der Waals surface area (Å²) in [6.45, 7) is 12.0. The lowest BCUT2D eigenvalue weighted by atomic mass is 10.1. The number of hydrogen-bond acceptors (Lipinski definition) is 6. The van der Waals surface area contributed by atoms with Crippen LogP contribution in [-0.2, 0) is 4.79 Å². The average Bonchev–Trinajstić information content (AvgIpc) is 3.51. The van der Waals surface area contributed by atoms with Crippen LogP contribution >= 0.6 is 0 Å². The van der Waals surface area contributed by atoms with Gasteiger partial charge in [-0.15, -0.1) is 0 Å². The van der Waals surface area contributed by atoms with Crippen molar-refractivity contribution >= 4 is 28.3 Å². The summed E-state index contributed by atoms with van der Waals surface area (Å²) in [5.74, 6) is -0.0171. The molecule has 1 aliphatic heterocycles. The smallest absolute Gasteiger partial charge is 0.224 e. The molecule has 0 atom stereocenters. The number of aromatic nitrogens is 5. The van der Waals surface area contributed by atoms with Gasteiger partial charge in [-0.3, -0.25) is 14.9 Å². The predicted octanol–water partition coefficient (Wildman–Crippen LogP) is 4.84. The van der Waals surface area contributed by atoms with E-state index in [0.717, 1.165) is 71.8 Å². The number of hydrogen-bond donors (Lipinski definition) is 3. The number of allylic oxidation sites excluding steroid dienone is 2. The molecular weight excluding hydrogens is 476 g/mol. The Morgan fingerprint density at radius 2 is 1.92 bits per heavy atom. The van der Waals surface area contributed by atoms with Gasteiger partial charge in [-0.25, -0.2) is 4.98 Å². The number of fused-ring (bicyclic) bond motifs is 1. The lowest BCUT2D eigenvalue weighted by Crippen LogP contribution is -2.43. The van der Waals surface area contributed by atoms with Crippen LogP contribution in [0.15, 0.2) is 55.5 Å². The fourth-order valence-corrected chi connectivity index (χ4v) is 4.86. The van der Waals surface area contributed by atoms with Gasteiger partial charge in [-0.05, 0) is 44.7 Å². The number of aromatic amines is 2. The lowest BCUT2D eigenvalue weighted by molar-refractivity contribution is -0.116. The Hall–Kier alpha value is -4.24. The fourth-order valence-electron chi connectivity index (χ4n) is 4.86. The van der Waals surface area contributed by atoms with Crippen molar-refractivity contribution in [2.45, 2.75) is 26.7 Å². The van der Waals surface area contributed by atoms with Crippen LogP contribution in [0.25, 0.3) is 39.2 Å². The first-order valence-electron chi connectivity index (χ1n) is 13.0. The number of aryl methyl sites for hydroxylation is 1. The molecule has 5 heterocycles. The monoisotopic (exact) mass is 510 g/mol. The van der Waals surface area contributed by atoms with Gasteiger partial charge in [-0.1, -0.05) is 19.6 Å². The summed E-state index contributed by atoms with van der Waals surface area (Å²) in [7, 11) is 2.16. The van der Waals surface area contributed by atoms with E-state index >= 15 is 0 Å². The maximum absolute atomic E-state index is 12.1. The third-order valence-corrected chi connectivity index (χ3v) is 6.91. The largest absolute Gasteiger partial charge is 0.368 e. The summed E-state index contributed by atoms with van der Waals surface area (Å²) in [6, 6.07) is 6.14. The van der Waals surface area contributed by atoms with Crippen LogP contribution in [0.1, 0.15) is 31.0 Å². The van der Waals surface area contributed by atoms with E-state index in [1.807, 2.05) is 19.1 Å². The molecule has 9 heteroatoms. The van der Waals surface area contributed by atoms with Crippen molar-refractivity contribution in [1.29, 1.82) is 0 Å². The third-order valence-electron chi connectivity index (χ3n) is 6.91. The predicted molar refractivity (Wildman–Crippen MR) is 152 cm³/mol. The Balaban J connectivity index is 1.48. The molecule has 0 aliphatic carbocycles. The molecule has 0 bridgehead atoms. The zero-order valence-corrected chi connectivity index (χ0v) is 22.2. The molecular formula is C29H34N8O. The number of amides is 1. The number of carbonyl (C=O) groups excluding carboxylic acids is 1. The topological polar surface area (TPSA) is 106 Å². The molecule has 0 spiro atoms. The molecule has 1 aliphatic rings. The summed E-state index contributed by atoms with van der Waals surface area (Å²) in [6.07, 6.45) is 10.4. The Labute approximate surface area is 222 Å². The quantitative estimate of drug-likeness (QED) is 0.293. The van der Waals surface area contributed by atoms with Crippen LogP contribution in [0.3, 0.4) is 0 Å². The highest BCUT2D eigenvalue weighted by molar-refractivity contribution is 5.94. The van der Waals surface area contributed by atoms with E-state index in [-0.39, 0.29) is 5.91 Å². The normalized spacial score (nSPS) is 14.7. The molecule has 196 valence electrons. The van der Waals surface area contributed by atoms with E-state index in [1.54, 1.807) is 18.6 Å². The van der Waals surface area contributed by atoms with Gasteiger partial charge in [0.15, 0.2) is 5.65 Å². The van der Waals surface area contributed by atoms with Crippen molar-refractivity contribution in [2.24, 2.45) is 0 Å². The van der Waals surface area contributed by atoms with Gasteiger partial charge in [-0.2, -0.15) is 5.10 Å². The second-order valence-corrected chi connectivity index (χ2v) is 9.75. The summed E-state index contributed by atoms with van der Waals surface area (Å²) >= 11 is 0. The van der Waals surface area contributed by atoms with Gasteiger partial charge in [0.1, 0.15) is 5.69 Å². The molecule has 38 heavy (non-hydrogen) atoms. The van der Waals surface area contributed by atoms with Crippen LogP contribution in [-0.4, -0.2) is 74.1 Å². The molecule has 0 aromatic carbocycles. The van der Waals surface area contributed by atoms with E-state index in [0.29, 0.717) is 17.8 Å². The second-order valence-electron chi connectivity index (χ2n) is 9.75. The minimum atomic E-state index is -0.0171. The highest BCUT2D eigenvalue weighted by Crippen LogP contribution is 2.33. The molecule has 9 nitrogen and oxygen atoms in total. The van der Waals surface area contributed by atoms with E-state index in [1.165, 1.54) is 5.70 Å². The minimum absolute atomic E-state index is 0.0171. The zero-order chi connectivity index (χ0) is 26.6. The van der Waals surface area contributed by atoms with E-state index in [4.69, 9.17) is 0 Å². The summed E-state index contributed by atoms with van der Waals surface area (Å²) < 4.78 is 0. The minimum Gasteiger partial charge on any atom is -0.368 e. The SMILES string of the molecule is C=C/C=C(\c1cc(-c2n[nH]c3ncc(-c4cncc(NC(=O)CCC)c4)cc23)[nH]c1C)N1CCN(C)CC1. The highest BCUT2D eigenvalue weighted by Gasteiger charge is 2.21. The van der Waals surface area contributed by atoms with Gasteiger partial charge >= 0.3 is 0 Å². The number of nitrogens with one attached hydrogen (secondary N) is 3. The number of H-pyrrole nitrogens is 2. The van der Waals surface area contributed by atoms with Crippen LogP contribution in [0, 0.1) is 6.92 Å². The summed E-state index contributed by atoms with van der Waals surface area (Å²) in [5.41, 5.74) is 8.26. The van der Waals surface area contributed by atoms with Crippen molar-refractivity contribution in [3.05, 3.63) is 66.8 Å². The molecule has 4 aromatic rings. The first-order chi connectivity index (χ1) is 18.5. The van der Waals surface area contributed by atoms with Crippen molar-refractivity contribution in [2.75, 3.05) is 38.5 Å². The van der Waals surface area contributed by atoms with Crippen molar-refractivity contribution in [1.82, 2.24) is 34.9 Å². The van der Waals surface area contributed by atoms with Gasteiger partial charge in [0.25, 0.3) is 0 Å². The molecule has 1 fully saturated rings.